The standard InChI is InChI=1S/C22H22ClN3O4S2/c23-17-8-7-15(32(28,29)25-10-12-30-13-11-25)14-16(17)22(27)26-9-3-5-19(26)21-24-18-4-1-2-6-20(18)31-21/h1-2,4,6-8,14,19H,3,5,9-13H2. The molecule has 1 aromatic heterocycles. The summed E-state index contributed by atoms with van der Waals surface area (Å²) >= 11 is 7.96. The second-order valence-electron chi connectivity index (χ2n) is 7.83. The molecule has 2 fully saturated rings. The van der Waals surface area contributed by atoms with E-state index in [1.54, 1.807) is 16.2 Å². The van der Waals surface area contributed by atoms with Gasteiger partial charge in [0.05, 0.1) is 45.0 Å². The Labute approximate surface area is 195 Å². The molecule has 3 heterocycles. The van der Waals surface area contributed by atoms with Crippen molar-refractivity contribution in [2.75, 3.05) is 32.8 Å². The van der Waals surface area contributed by atoms with Crippen molar-refractivity contribution in [1.29, 1.82) is 0 Å². The molecular weight excluding hydrogens is 470 g/mol. The summed E-state index contributed by atoms with van der Waals surface area (Å²) in [5.74, 6) is -0.268. The smallest absolute Gasteiger partial charge is 0.256 e. The number of carbonyl (C=O) groups is 1. The fourth-order valence-electron chi connectivity index (χ4n) is 4.22. The lowest BCUT2D eigenvalue weighted by Gasteiger charge is -2.27. The van der Waals surface area contributed by atoms with Crippen LogP contribution < -0.4 is 0 Å². The van der Waals surface area contributed by atoms with Gasteiger partial charge in [-0.3, -0.25) is 4.79 Å². The second-order valence-corrected chi connectivity index (χ2v) is 11.2. The lowest BCUT2D eigenvalue weighted by molar-refractivity contribution is 0.0727. The van der Waals surface area contributed by atoms with Crippen LogP contribution in [0.4, 0.5) is 0 Å². The molecule has 2 aromatic carbocycles. The zero-order chi connectivity index (χ0) is 22.3. The Kier molecular flexibility index (Phi) is 5.94. The summed E-state index contributed by atoms with van der Waals surface area (Å²) in [7, 11) is -3.73. The van der Waals surface area contributed by atoms with E-state index in [4.69, 9.17) is 21.3 Å². The molecule has 7 nitrogen and oxygen atoms in total. The average molecular weight is 492 g/mol. The molecule has 2 aliphatic heterocycles. The van der Waals surface area contributed by atoms with Gasteiger partial charge in [-0.15, -0.1) is 11.3 Å². The van der Waals surface area contributed by atoms with Crippen molar-refractivity contribution in [3.63, 3.8) is 0 Å². The number of ether oxygens (including phenoxy) is 1. The number of rotatable bonds is 4. The van der Waals surface area contributed by atoms with Gasteiger partial charge < -0.3 is 9.64 Å². The van der Waals surface area contributed by atoms with Gasteiger partial charge in [-0.1, -0.05) is 23.7 Å². The fraction of sp³-hybridized carbons (Fsp3) is 0.364. The number of halogens is 1. The molecule has 2 saturated heterocycles. The third-order valence-corrected chi connectivity index (χ3v) is 9.25. The van der Waals surface area contributed by atoms with Crippen molar-refractivity contribution in [2.45, 2.75) is 23.8 Å². The first-order valence-corrected chi connectivity index (χ1v) is 13.1. The minimum atomic E-state index is -3.73. The molecule has 10 heteroatoms. The van der Waals surface area contributed by atoms with E-state index in [2.05, 4.69) is 0 Å². The molecule has 1 amide bonds. The van der Waals surface area contributed by atoms with Crippen LogP contribution in [-0.2, 0) is 14.8 Å². The maximum absolute atomic E-state index is 13.5. The normalized spacial score (nSPS) is 20.2. The van der Waals surface area contributed by atoms with Crippen molar-refractivity contribution in [1.82, 2.24) is 14.2 Å². The van der Waals surface area contributed by atoms with E-state index in [-0.39, 0.29) is 27.4 Å². The van der Waals surface area contributed by atoms with Crippen LogP contribution in [-0.4, -0.2) is 61.4 Å². The minimum absolute atomic E-state index is 0.0721. The van der Waals surface area contributed by atoms with E-state index in [0.29, 0.717) is 32.8 Å². The van der Waals surface area contributed by atoms with E-state index < -0.39 is 10.0 Å². The summed E-state index contributed by atoms with van der Waals surface area (Å²) < 4.78 is 33.9. The van der Waals surface area contributed by atoms with Crippen LogP contribution in [0.15, 0.2) is 47.4 Å². The number of para-hydroxylation sites is 1. The number of aromatic nitrogens is 1. The van der Waals surface area contributed by atoms with Gasteiger partial charge in [0.1, 0.15) is 5.01 Å². The Bertz CT molecular complexity index is 1240. The summed E-state index contributed by atoms with van der Waals surface area (Å²) in [6.45, 7) is 1.88. The zero-order valence-electron chi connectivity index (χ0n) is 17.2. The van der Waals surface area contributed by atoms with Gasteiger partial charge in [-0.25, -0.2) is 13.4 Å². The highest BCUT2D eigenvalue weighted by atomic mass is 35.5. The molecule has 0 saturated carbocycles. The Morgan fingerprint density at radius 2 is 1.91 bits per heavy atom. The lowest BCUT2D eigenvalue weighted by atomic mass is 10.1. The van der Waals surface area contributed by atoms with Gasteiger partial charge in [0.25, 0.3) is 5.91 Å². The van der Waals surface area contributed by atoms with Crippen LogP contribution in [0.3, 0.4) is 0 Å². The second kappa shape index (κ2) is 8.72. The van der Waals surface area contributed by atoms with Gasteiger partial charge in [-0.05, 0) is 43.2 Å². The number of likely N-dealkylation sites (tertiary alicyclic amines) is 1. The number of fused-ring (bicyclic) bond motifs is 1. The monoisotopic (exact) mass is 491 g/mol. The van der Waals surface area contributed by atoms with Crippen molar-refractivity contribution in [3.8, 4) is 0 Å². The van der Waals surface area contributed by atoms with E-state index in [1.165, 1.54) is 22.5 Å². The van der Waals surface area contributed by atoms with Crippen LogP contribution in [0.1, 0.15) is 34.2 Å². The number of benzene rings is 2. The Balaban J connectivity index is 1.46. The molecule has 0 radical (unpaired) electrons. The van der Waals surface area contributed by atoms with Gasteiger partial charge in [0.15, 0.2) is 0 Å². The number of amides is 1. The summed E-state index contributed by atoms with van der Waals surface area (Å²) in [5, 5.41) is 1.14. The third-order valence-electron chi connectivity index (χ3n) is 5.89. The van der Waals surface area contributed by atoms with Crippen LogP contribution in [0.25, 0.3) is 10.2 Å². The molecule has 0 spiro atoms. The van der Waals surface area contributed by atoms with Crippen LogP contribution in [0, 0.1) is 0 Å². The highest BCUT2D eigenvalue weighted by molar-refractivity contribution is 7.89. The van der Waals surface area contributed by atoms with Gasteiger partial charge >= 0.3 is 0 Å². The van der Waals surface area contributed by atoms with Crippen LogP contribution in [0.5, 0.6) is 0 Å². The molecule has 0 N–H and O–H groups in total. The summed E-state index contributed by atoms with van der Waals surface area (Å²) in [6.07, 6.45) is 1.67. The molecule has 0 bridgehead atoms. The first-order chi connectivity index (χ1) is 15.4. The van der Waals surface area contributed by atoms with E-state index in [1.807, 2.05) is 24.3 Å². The molecule has 32 heavy (non-hydrogen) atoms. The number of hydrogen-bond acceptors (Lipinski definition) is 6. The average Bonchev–Trinajstić information content (AvgIpc) is 3.46. The topological polar surface area (TPSA) is 79.8 Å². The maximum atomic E-state index is 13.5. The van der Waals surface area contributed by atoms with Crippen molar-refractivity contribution in [3.05, 3.63) is 58.1 Å². The fourth-order valence-corrected chi connectivity index (χ4v) is 6.97. The van der Waals surface area contributed by atoms with Gasteiger partial charge in [0, 0.05) is 19.6 Å². The number of nitrogens with zero attached hydrogens (tertiary/aromatic N) is 3. The number of sulfonamides is 1. The Morgan fingerprint density at radius 1 is 1.12 bits per heavy atom. The predicted octanol–water partition coefficient (Wildman–Crippen LogP) is 3.95. The minimum Gasteiger partial charge on any atom is -0.379 e. The lowest BCUT2D eigenvalue weighted by Crippen LogP contribution is -2.40. The number of hydrogen-bond donors (Lipinski definition) is 0. The van der Waals surface area contributed by atoms with Gasteiger partial charge in [0.2, 0.25) is 10.0 Å². The molecule has 5 rings (SSSR count). The molecule has 1 atom stereocenters. The summed E-state index contributed by atoms with van der Waals surface area (Å²) in [6, 6.07) is 12.1. The van der Waals surface area contributed by atoms with Gasteiger partial charge in [-0.2, -0.15) is 4.31 Å². The molecule has 3 aromatic rings. The molecule has 2 aliphatic rings. The third kappa shape index (κ3) is 3.92. The van der Waals surface area contributed by atoms with E-state index in [0.717, 1.165) is 28.1 Å². The Hall–Kier alpha value is -2.04. The molecule has 0 aliphatic carbocycles. The Morgan fingerprint density at radius 3 is 2.69 bits per heavy atom. The quantitative estimate of drug-likeness (QED) is 0.552. The number of morpholine rings is 1. The SMILES string of the molecule is O=C(c1cc(S(=O)(=O)N2CCOCC2)ccc1Cl)N1CCCC1c1nc2ccccc2s1. The summed E-state index contributed by atoms with van der Waals surface area (Å²) in [5.41, 5.74) is 1.12. The highest BCUT2D eigenvalue weighted by Crippen LogP contribution is 2.38. The number of thiazole rings is 1. The van der Waals surface area contributed by atoms with Crippen molar-refractivity contribution < 1.29 is 17.9 Å². The largest absolute Gasteiger partial charge is 0.379 e. The van der Waals surface area contributed by atoms with Crippen molar-refractivity contribution in [2.24, 2.45) is 0 Å². The number of carbonyl (C=O) groups excluding carboxylic acids is 1. The predicted molar refractivity (Wildman–Crippen MR) is 124 cm³/mol. The maximum Gasteiger partial charge on any atom is 0.256 e. The first-order valence-electron chi connectivity index (χ1n) is 10.5. The molecular formula is C22H22ClN3O4S2. The summed E-state index contributed by atoms with van der Waals surface area (Å²) in [4.78, 5) is 20.1. The van der Waals surface area contributed by atoms with Crippen LogP contribution >= 0.6 is 22.9 Å². The molecule has 1 unspecified atom stereocenters. The highest BCUT2D eigenvalue weighted by Gasteiger charge is 2.35. The van der Waals surface area contributed by atoms with E-state index in [9.17, 15) is 13.2 Å². The van der Waals surface area contributed by atoms with E-state index >= 15 is 0 Å². The molecule has 168 valence electrons. The van der Waals surface area contributed by atoms with Crippen LogP contribution in [0.2, 0.25) is 5.02 Å². The first kappa shape index (κ1) is 21.8. The zero-order valence-corrected chi connectivity index (χ0v) is 19.6. The van der Waals surface area contributed by atoms with Crippen molar-refractivity contribution >= 4 is 49.1 Å².